The van der Waals surface area contributed by atoms with Crippen molar-refractivity contribution in [2.24, 2.45) is 4.99 Å². The Morgan fingerprint density at radius 1 is 1.24 bits per heavy atom. The van der Waals surface area contributed by atoms with Crippen LogP contribution in [0.2, 0.25) is 5.02 Å². The van der Waals surface area contributed by atoms with Crippen molar-refractivity contribution in [1.29, 1.82) is 0 Å². The van der Waals surface area contributed by atoms with Crippen molar-refractivity contribution in [3.63, 3.8) is 0 Å². The molecule has 0 bridgehead atoms. The first-order valence-corrected chi connectivity index (χ1v) is 9.71. The van der Waals surface area contributed by atoms with Crippen LogP contribution in [0.25, 0.3) is 5.65 Å². The van der Waals surface area contributed by atoms with E-state index in [-0.39, 0.29) is 24.0 Å². The van der Waals surface area contributed by atoms with E-state index in [9.17, 15) is 0 Å². The highest BCUT2D eigenvalue weighted by atomic mass is 127. The van der Waals surface area contributed by atoms with E-state index < -0.39 is 0 Å². The fourth-order valence-corrected chi connectivity index (χ4v) is 2.94. The van der Waals surface area contributed by atoms with Gasteiger partial charge in [0.1, 0.15) is 18.2 Å². The second kappa shape index (κ2) is 11.8. The van der Waals surface area contributed by atoms with Crippen LogP contribution in [-0.4, -0.2) is 58.7 Å². The Hall–Kier alpha value is -2.07. The molecule has 0 spiro atoms. The van der Waals surface area contributed by atoms with Crippen LogP contribution in [0, 0.1) is 0 Å². The normalized spacial score (nSPS) is 11.2. The van der Waals surface area contributed by atoms with Gasteiger partial charge in [-0.2, -0.15) is 0 Å². The summed E-state index contributed by atoms with van der Waals surface area (Å²) in [5.74, 6) is 2.51. The topological polar surface area (TPSA) is 67.0 Å². The van der Waals surface area contributed by atoms with Gasteiger partial charge in [-0.05, 0) is 37.3 Å². The smallest absolute Gasteiger partial charge is 0.193 e. The number of rotatable bonds is 8. The molecule has 0 radical (unpaired) electrons. The minimum atomic E-state index is 0. The van der Waals surface area contributed by atoms with Gasteiger partial charge < -0.3 is 15.0 Å². The van der Waals surface area contributed by atoms with Crippen molar-refractivity contribution in [3.8, 4) is 5.75 Å². The zero-order chi connectivity index (χ0) is 19.8. The summed E-state index contributed by atoms with van der Waals surface area (Å²) in [5, 5.41) is 12.4. The Labute approximate surface area is 193 Å². The standard InChI is InChI=1S/C20H25ClN6O.HI/c1-3-22-20(26(2)13-14-28-17-8-6-7-16(21)15-17)23-11-10-19-25-24-18-9-4-5-12-27(18)19;/h4-9,12,15H,3,10-11,13-14H2,1-2H3,(H,22,23);1H. The number of pyridine rings is 1. The van der Waals surface area contributed by atoms with Crippen LogP contribution in [0.3, 0.4) is 0 Å². The molecule has 1 aromatic carbocycles. The van der Waals surface area contributed by atoms with E-state index in [0.717, 1.165) is 29.7 Å². The van der Waals surface area contributed by atoms with Crippen LogP contribution in [0.5, 0.6) is 5.75 Å². The molecular formula is C20H26ClIN6O. The number of hydrogen-bond acceptors (Lipinski definition) is 4. The van der Waals surface area contributed by atoms with Crippen LogP contribution >= 0.6 is 35.6 Å². The average molecular weight is 529 g/mol. The lowest BCUT2D eigenvalue weighted by Crippen LogP contribution is -2.41. The fourth-order valence-electron chi connectivity index (χ4n) is 2.76. The largest absolute Gasteiger partial charge is 0.492 e. The van der Waals surface area contributed by atoms with Crippen molar-refractivity contribution in [1.82, 2.24) is 24.8 Å². The summed E-state index contributed by atoms with van der Waals surface area (Å²) < 4.78 is 7.76. The van der Waals surface area contributed by atoms with Crippen molar-refractivity contribution in [2.45, 2.75) is 13.3 Å². The number of guanidine groups is 1. The number of nitrogens with zero attached hydrogens (tertiary/aromatic N) is 5. The van der Waals surface area contributed by atoms with Crippen LogP contribution in [-0.2, 0) is 6.42 Å². The molecule has 0 saturated heterocycles. The molecule has 0 aliphatic carbocycles. The summed E-state index contributed by atoms with van der Waals surface area (Å²) in [6, 6.07) is 13.3. The molecule has 156 valence electrons. The Kier molecular flexibility index (Phi) is 9.46. The van der Waals surface area contributed by atoms with E-state index in [2.05, 4.69) is 27.3 Å². The first-order chi connectivity index (χ1) is 13.7. The Bertz CT molecular complexity index is 932. The van der Waals surface area contributed by atoms with Crippen molar-refractivity contribution < 1.29 is 4.74 Å². The highest BCUT2D eigenvalue weighted by molar-refractivity contribution is 14.0. The summed E-state index contributed by atoms with van der Waals surface area (Å²) in [6.45, 7) is 4.71. The van der Waals surface area contributed by atoms with Crippen molar-refractivity contribution >= 4 is 47.2 Å². The van der Waals surface area contributed by atoms with E-state index in [1.807, 2.05) is 60.1 Å². The monoisotopic (exact) mass is 528 g/mol. The van der Waals surface area contributed by atoms with Gasteiger partial charge in [0.15, 0.2) is 11.6 Å². The maximum atomic E-state index is 5.98. The molecule has 2 aromatic heterocycles. The molecule has 0 saturated carbocycles. The maximum Gasteiger partial charge on any atom is 0.193 e. The molecule has 3 aromatic rings. The zero-order valence-electron chi connectivity index (χ0n) is 16.6. The lowest BCUT2D eigenvalue weighted by molar-refractivity contribution is 0.281. The molecular weight excluding hydrogens is 503 g/mol. The van der Waals surface area contributed by atoms with Gasteiger partial charge in [-0.25, -0.2) is 0 Å². The molecule has 9 heteroatoms. The van der Waals surface area contributed by atoms with Gasteiger partial charge >= 0.3 is 0 Å². The quantitative estimate of drug-likeness (QED) is 0.275. The van der Waals surface area contributed by atoms with E-state index in [0.29, 0.717) is 31.1 Å². The number of aromatic nitrogens is 3. The Morgan fingerprint density at radius 3 is 2.90 bits per heavy atom. The number of halogens is 2. The van der Waals surface area contributed by atoms with Crippen LogP contribution in [0.4, 0.5) is 0 Å². The summed E-state index contributed by atoms with van der Waals surface area (Å²) in [5.41, 5.74) is 0.851. The van der Waals surface area contributed by atoms with Gasteiger partial charge in [-0.1, -0.05) is 23.7 Å². The number of benzene rings is 1. The highest BCUT2D eigenvalue weighted by Gasteiger charge is 2.08. The minimum absolute atomic E-state index is 0. The predicted octanol–water partition coefficient (Wildman–Crippen LogP) is 3.52. The summed E-state index contributed by atoms with van der Waals surface area (Å²) in [7, 11) is 2.00. The lowest BCUT2D eigenvalue weighted by Gasteiger charge is -2.22. The molecule has 29 heavy (non-hydrogen) atoms. The Balaban J connectivity index is 0.00000300. The number of nitrogens with one attached hydrogen (secondary N) is 1. The van der Waals surface area contributed by atoms with Crippen LogP contribution in [0.15, 0.2) is 53.7 Å². The second-order valence-electron chi connectivity index (χ2n) is 6.26. The van der Waals surface area contributed by atoms with Crippen molar-refractivity contribution in [2.75, 3.05) is 33.3 Å². The molecule has 3 rings (SSSR count). The molecule has 0 fully saturated rings. The van der Waals surface area contributed by atoms with Gasteiger partial charge in [0.05, 0.1) is 6.54 Å². The summed E-state index contributed by atoms with van der Waals surface area (Å²) in [6.07, 6.45) is 2.69. The molecule has 0 aliphatic heterocycles. The van der Waals surface area contributed by atoms with Gasteiger partial charge in [-0.15, -0.1) is 34.2 Å². The molecule has 1 N–H and O–H groups in total. The third kappa shape index (κ3) is 6.74. The predicted molar refractivity (Wildman–Crippen MR) is 128 cm³/mol. The van der Waals surface area contributed by atoms with E-state index in [4.69, 9.17) is 21.3 Å². The second-order valence-corrected chi connectivity index (χ2v) is 6.69. The average Bonchev–Trinajstić information content (AvgIpc) is 3.10. The third-order valence-corrected chi connectivity index (χ3v) is 4.40. The summed E-state index contributed by atoms with van der Waals surface area (Å²) >= 11 is 5.98. The van der Waals surface area contributed by atoms with E-state index in [1.54, 1.807) is 0 Å². The lowest BCUT2D eigenvalue weighted by atomic mass is 10.3. The molecule has 0 aliphatic rings. The fraction of sp³-hybridized carbons (Fsp3) is 0.350. The molecule has 0 amide bonds. The number of fused-ring (bicyclic) bond motifs is 1. The number of ether oxygens (including phenoxy) is 1. The van der Waals surface area contributed by atoms with Crippen molar-refractivity contribution in [3.05, 3.63) is 59.5 Å². The van der Waals surface area contributed by atoms with Gasteiger partial charge in [0.2, 0.25) is 0 Å². The van der Waals surface area contributed by atoms with Gasteiger partial charge in [0, 0.05) is 37.8 Å². The third-order valence-electron chi connectivity index (χ3n) is 4.17. The SMILES string of the molecule is CCNC(=NCCc1nnc2ccccn12)N(C)CCOc1cccc(Cl)c1.I. The number of hydrogen-bond donors (Lipinski definition) is 1. The van der Waals surface area contributed by atoms with E-state index in [1.165, 1.54) is 0 Å². The molecule has 0 unspecified atom stereocenters. The summed E-state index contributed by atoms with van der Waals surface area (Å²) in [4.78, 5) is 6.76. The molecule has 7 nitrogen and oxygen atoms in total. The molecule has 0 atom stereocenters. The van der Waals surface area contributed by atoms with Crippen LogP contribution in [0.1, 0.15) is 12.7 Å². The van der Waals surface area contributed by atoms with E-state index >= 15 is 0 Å². The van der Waals surface area contributed by atoms with Gasteiger partial charge in [0.25, 0.3) is 0 Å². The first kappa shape index (κ1) is 23.2. The van der Waals surface area contributed by atoms with Crippen LogP contribution < -0.4 is 10.1 Å². The minimum Gasteiger partial charge on any atom is -0.492 e. The highest BCUT2D eigenvalue weighted by Crippen LogP contribution is 2.16. The zero-order valence-corrected chi connectivity index (χ0v) is 19.7. The maximum absolute atomic E-state index is 5.98. The molecule has 2 heterocycles. The van der Waals surface area contributed by atoms with Gasteiger partial charge in [-0.3, -0.25) is 9.39 Å². The Morgan fingerprint density at radius 2 is 2.10 bits per heavy atom. The number of aliphatic imine (C=N–C) groups is 1. The first-order valence-electron chi connectivity index (χ1n) is 9.34. The number of likely N-dealkylation sites (N-methyl/N-ethyl adjacent to an activating group) is 1.